The Hall–Kier alpha value is -1.62. The number of rotatable bonds is 7. The molecular formula is C14H21FN2O2. The van der Waals surface area contributed by atoms with E-state index in [1.54, 1.807) is 13.0 Å². The Morgan fingerprint density at radius 3 is 2.84 bits per heavy atom. The van der Waals surface area contributed by atoms with E-state index in [2.05, 4.69) is 5.32 Å². The van der Waals surface area contributed by atoms with Crippen LogP contribution in [0.2, 0.25) is 0 Å². The summed E-state index contributed by atoms with van der Waals surface area (Å²) in [4.78, 5) is 11.8. The maximum atomic E-state index is 13.6. The lowest BCUT2D eigenvalue weighted by atomic mass is 10.0. The van der Waals surface area contributed by atoms with Crippen LogP contribution in [0.15, 0.2) is 18.2 Å². The molecule has 0 aromatic heterocycles. The monoisotopic (exact) mass is 268 g/mol. The van der Waals surface area contributed by atoms with E-state index >= 15 is 0 Å². The number of amides is 1. The summed E-state index contributed by atoms with van der Waals surface area (Å²) < 4.78 is 18.7. The minimum Gasteiger partial charge on any atom is -0.491 e. The summed E-state index contributed by atoms with van der Waals surface area (Å²) in [7, 11) is 0. The summed E-state index contributed by atoms with van der Waals surface area (Å²) in [5, 5.41) is 2.69. The Morgan fingerprint density at radius 2 is 2.26 bits per heavy atom. The van der Waals surface area contributed by atoms with Crippen molar-refractivity contribution in [3.63, 3.8) is 0 Å². The molecule has 0 heterocycles. The topological polar surface area (TPSA) is 64.3 Å². The normalized spacial score (nSPS) is 12.0. The van der Waals surface area contributed by atoms with Gasteiger partial charge in [-0.1, -0.05) is 6.92 Å². The van der Waals surface area contributed by atoms with Gasteiger partial charge in [-0.15, -0.1) is 0 Å². The van der Waals surface area contributed by atoms with E-state index in [4.69, 9.17) is 10.5 Å². The molecule has 0 saturated carbocycles. The van der Waals surface area contributed by atoms with Gasteiger partial charge >= 0.3 is 0 Å². The van der Waals surface area contributed by atoms with Crippen molar-refractivity contribution < 1.29 is 13.9 Å². The quantitative estimate of drug-likeness (QED) is 0.798. The molecule has 4 nitrogen and oxygen atoms in total. The fraction of sp³-hybridized carbons (Fsp3) is 0.500. The van der Waals surface area contributed by atoms with Crippen LogP contribution in [0.1, 0.15) is 26.7 Å². The second-order valence-corrected chi connectivity index (χ2v) is 4.40. The highest BCUT2D eigenvalue weighted by atomic mass is 19.1. The fourth-order valence-electron chi connectivity index (χ4n) is 1.67. The third-order valence-corrected chi connectivity index (χ3v) is 2.79. The highest BCUT2D eigenvalue weighted by Gasteiger charge is 2.13. The maximum Gasteiger partial charge on any atom is 0.227 e. The summed E-state index contributed by atoms with van der Waals surface area (Å²) in [5.41, 5.74) is 5.84. The third-order valence-electron chi connectivity index (χ3n) is 2.79. The lowest BCUT2D eigenvalue weighted by Gasteiger charge is -2.12. The van der Waals surface area contributed by atoms with Crippen molar-refractivity contribution in [2.24, 2.45) is 11.7 Å². The molecule has 106 valence electrons. The summed E-state index contributed by atoms with van der Waals surface area (Å²) in [6.45, 7) is 4.58. The number of carbonyl (C=O) groups is 1. The summed E-state index contributed by atoms with van der Waals surface area (Å²) in [5.74, 6) is -0.555. The van der Waals surface area contributed by atoms with E-state index in [0.717, 1.165) is 12.8 Å². The number of ether oxygens (including phenoxy) is 1. The van der Waals surface area contributed by atoms with Gasteiger partial charge in [-0.2, -0.15) is 0 Å². The second kappa shape index (κ2) is 7.74. The minimum atomic E-state index is -0.478. The van der Waals surface area contributed by atoms with E-state index in [-0.39, 0.29) is 17.6 Å². The van der Waals surface area contributed by atoms with Crippen LogP contribution in [0.4, 0.5) is 10.1 Å². The predicted octanol–water partition coefficient (Wildman–Crippen LogP) is 2.54. The summed E-state index contributed by atoms with van der Waals surface area (Å²) >= 11 is 0. The van der Waals surface area contributed by atoms with Crippen LogP contribution in [-0.2, 0) is 4.79 Å². The van der Waals surface area contributed by atoms with E-state index in [9.17, 15) is 9.18 Å². The number of benzene rings is 1. The predicted molar refractivity (Wildman–Crippen MR) is 73.7 cm³/mol. The van der Waals surface area contributed by atoms with E-state index in [1.165, 1.54) is 12.1 Å². The number of hydrogen-bond acceptors (Lipinski definition) is 3. The van der Waals surface area contributed by atoms with Crippen LogP contribution in [-0.4, -0.2) is 19.1 Å². The highest BCUT2D eigenvalue weighted by molar-refractivity contribution is 5.92. The molecule has 0 spiro atoms. The minimum absolute atomic E-state index is 0.128. The third kappa shape index (κ3) is 4.87. The van der Waals surface area contributed by atoms with Gasteiger partial charge in [0.2, 0.25) is 5.91 Å². The first-order chi connectivity index (χ1) is 9.08. The fourth-order valence-corrected chi connectivity index (χ4v) is 1.67. The molecule has 1 aromatic carbocycles. The number of carbonyl (C=O) groups excluding carboxylic acids is 1. The lowest BCUT2D eigenvalue weighted by Crippen LogP contribution is -2.21. The molecular weight excluding hydrogens is 247 g/mol. The van der Waals surface area contributed by atoms with Crippen LogP contribution in [0.25, 0.3) is 0 Å². The molecule has 0 aliphatic heterocycles. The molecule has 1 unspecified atom stereocenters. The Kier molecular flexibility index (Phi) is 6.29. The van der Waals surface area contributed by atoms with Crippen molar-refractivity contribution in [2.45, 2.75) is 26.7 Å². The largest absolute Gasteiger partial charge is 0.491 e. The Bertz CT molecular complexity index is 424. The van der Waals surface area contributed by atoms with Crippen LogP contribution in [0.3, 0.4) is 0 Å². The van der Waals surface area contributed by atoms with Crippen LogP contribution < -0.4 is 15.8 Å². The highest BCUT2D eigenvalue weighted by Crippen LogP contribution is 2.21. The molecule has 0 radical (unpaired) electrons. The van der Waals surface area contributed by atoms with Crippen LogP contribution >= 0.6 is 0 Å². The smallest absolute Gasteiger partial charge is 0.227 e. The molecule has 1 rings (SSSR count). The molecule has 1 atom stereocenters. The Labute approximate surface area is 113 Å². The Balaban J connectivity index is 2.62. The zero-order chi connectivity index (χ0) is 14.3. The standard InChI is InChI=1S/C14H21FN2O2/c1-3-19-13-7-6-11(9-12(13)15)17-14(18)10(2)5-4-8-16/h6-7,9-10H,3-5,8,16H2,1-2H3,(H,17,18). The lowest BCUT2D eigenvalue weighted by molar-refractivity contribution is -0.119. The maximum absolute atomic E-state index is 13.6. The molecule has 5 heteroatoms. The van der Waals surface area contributed by atoms with Crippen molar-refractivity contribution in [3.05, 3.63) is 24.0 Å². The van der Waals surface area contributed by atoms with Crippen LogP contribution in [0, 0.1) is 11.7 Å². The van der Waals surface area contributed by atoms with Crippen LogP contribution in [0.5, 0.6) is 5.75 Å². The SMILES string of the molecule is CCOc1ccc(NC(=O)C(C)CCCN)cc1F. The Morgan fingerprint density at radius 1 is 1.53 bits per heavy atom. The van der Waals surface area contributed by atoms with Gasteiger partial charge in [0.1, 0.15) is 0 Å². The average molecular weight is 268 g/mol. The average Bonchev–Trinajstić information content (AvgIpc) is 2.39. The first-order valence-electron chi connectivity index (χ1n) is 6.51. The molecule has 0 saturated heterocycles. The van der Waals surface area contributed by atoms with Gasteiger partial charge in [-0.25, -0.2) is 4.39 Å². The van der Waals surface area contributed by atoms with Crippen molar-refractivity contribution in [3.8, 4) is 5.75 Å². The van der Waals surface area contributed by atoms with E-state index < -0.39 is 5.82 Å². The summed E-state index contributed by atoms with van der Waals surface area (Å²) in [6.07, 6.45) is 1.52. The molecule has 0 bridgehead atoms. The second-order valence-electron chi connectivity index (χ2n) is 4.40. The van der Waals surface area contributed by atoms with Gasteiger partial charge in [-0.3, -0.25) is 4.79 Å². The molecule has 19 heavy (non-hydrogen) atoms. The molecule has 0 fully saturated rings. The summed E-state index contributed by atoms with van der Waals surface area (Å²) in [6, 6.07) is 4.40. The van der Waals surface area contributed by atoms with E-state index in [0.29, 0.717) is 18.8 Å². The van der Waals surface area contributed by atoms with Crippen molar-refractivity contribution >= 4 is 11.6 Å². The zero-order valence-electron chi connectivity index (χ0n) is 11.4. The number of nitrogens with one attached hydrogen (secondary N) is 1. The van der Waals surface area contributed by atoms with Gasteiger partial charge in [0.15, 0.2) is 11.6 Å². The first-order valence-corrected chi connectivity index (χ1v) is 6.51. The van der Waals surface area contributed by atoms with Gasteiger partial charge in [0, 0.05) is 17.7 Å². The molecule has 0 aliphatic carbocycles. The van der Waals surface area contributed by atoms with Gasteiger partial charge in [0.25, 0.3) is 0 Å². The van der Waals surface area contributed by atoms with E-state index in [1.807, 2.05) is 6.92 Å². The van der Waals surface area contributed by atoms with Gasteiger partial charge in [0.05, 0.1) is 6.61 Å². The van der Waals surface area contributed by atoms with Gasteiger partial charge in [-0.05, 0) is 38.4 Å². The van der Waals surface area contributed by atoms with Crippen molar-refractivity contribution in [2.75, 3.05) is 18.5 Å². The number of halogens is 1. The number of hydrogen-bond donors (Lipinski definition) is 2. The van der Waals surface area contributed by atoms with Crippen molar-refractivity contribution in [1.29, 1.82) is 0 Å². The van der Waals surface area contributed by atoms with Crippen molar-refractivity contribution in [1.82, 2.24) is 0 Å². The zero-order valence-corrected chi connectivity index (χ0v) is 11.4. The molecule has 1 amide bonds. The molecule has 3 N–H and O–H groups in total. The molecule has 1 aromatic rings. The first kappa shape index (κ1) is 15.4. The number of nitrogens with two attached hydrogens (primary N) is 1. The molecule has 0 aliphatic rings. The number of anilines is 1. The van der Waals surface area contributed by atoms with Gasteiger partial charge < -0.3 is 15.8 Å².